The molecule has 1 spiro atoms. The maximum atomic E-state index is 6.47. The summed E-state index contributed by atoms with van der Waals surface area (Å²) in [5.41, 5.74) is 0.305. The van der Waals surface area contributed by atoms with E-state index < -0.39 is 0 Å². The van der Waals surface area contributed by atoms with Gasteiger partial charge in [0.2, 0.25) is 0 Å². The first-order valence-corrected chi connectivity index (χ1v) is 8.16. The van der Waals surface area contributed by atoms with Crippen LogP contribution >= 0.6 is 0 Å². The van der Waals surface area contributed by atoms with Crippen LogP contribution in [0, 0.1) is 5.92 Å². The molecule has 1 saturated carbocycles. The van der Waals surface area contributed by atoms with E-state index in [4.69, 9.17) is 4.74 Å². The van der Waals surface area contributed by atoms with Crippen molar-refractivity contribution in [2.24, 2.45) is 5.92 Å². The molecule has 1 heterocycles. The number of ether oxygens (including phenoxy) is 1. The standard InChI is InChI=1S/C16H31NO/c1-3-14(13-17-4-2)12-15-8-11-16(18-15)9-6-5-7-10-16/h14-15,17H,3-13H2,1-2H3. The molecule has 1 aliphatic heterocycles. The van der Waals surface area contributed by atoms with Gasteiger partial charge in [0.15, 0.2) is 0 Å². The van der Waals surface area contributed by atoms with Crippen molar-refractivity contribution in [1.82, 2.24) is 5.32 Å². The normalized spacial score (nSPS) is 28.7. The van der Waals surface area contributed by atoms with Crippen molar-refractivity contribution in [3.63, 3.8) is 0 Å². The summed E-state index contributed by atoms with van der Waals surface area (Å²) in [4.78, 5) is 0. The Labute approximate surface area is 113 Å². The summed E-state index contributed by atoms with van der Waals surface area (Å²) in [5.74, 6) is 0.800. The number of nitrogens with one attached hydrogen (secondary N) is 1. The van der Waals surface area contributed by atoms with Crippen molar-refractivity contribution in [2.75, 3.05) is 13.1 Å². The molecule has 0 aromatic carbocycles. The lowest BCUT2D eigenvalue weighted by Gasteiger charge is -2.33. The zero-order valence-electron chi connectivity index (χ0n) is 12.3. The minimum Gasteiger partial charge on any atom is -0.372 e. The van der Waals surface area contributed by atoms with E-state index in [2.05, 4.69) is 19.2 Å². The molecule has 2 heteroatoms. The Morgan fingerprint density at radius 3 is 2.61 bits per heavy atom. The lowest BCUT2D eigenvalue weighted by Crippen LogP contribution is -2.32. The van der Waals surface area contributed by atoms with E-state index in [9.17, 15) is 0 Å². The van der Waals surface area contributed by atoms with E-state index in [1.54, 1.807) is 0 Å². The molecule has 0 aromatic rings. The van der Waals surface area contributed by atoms with E-state index in [1.165, 1.54) is 64.3 Å². The van der Waals surface area contributed by atoms with Crippen LogP contribution in [0.4, 0.5) is 0 Å². The monoisotopic (exact) mass is 253 g/mol. The zero-order chi connectivity index (χ0) is 12.8. The number of hydrogen-bond acceptors (Lipinski definition) is 2. The van der Waals surface area contributed by atoms with Gasteiger partial charge in [0.25, 0.3) is 0 Å². The van der Waals surface area contributed by atoms with Gasteiger partial charge < -0.3 is 10.1 Å². The molecule has 0 amide bonds. The van der Waals surface area contributed by atoms with Crippen LogP contribution in [0.15, 0.2) is 0 Å². The smallest absolute Gasteiger partial charge is 0.0687 e. The lowest BCUT2D eigenvalue weighted by molar-refractivity contribution is -0.0698. The first kappa shape index (κ1) is 14.3. The Kier molecular flexibility index (Phi) is 5.50. The van der Waals surface area contributed by atoms with Gasteiger partial charge in [-0.2, -0.15) is 0 Å². The Balaban J connectivity index is 1.77. The summed E-state index contributed by atoms with van der Waals surface area (Å²) in [5, 5.41) is 3.49. The van der Waals surface area contributed by atoms with Crippen molar-refractivity contribution >= 4 is 0 Å². The highest BCUT2D eigenvalue weighted by molar-refractivity contribution is 4.91. The highest BCUT2D eigenvalue weighted by Crippen LogP contribution is 2.43. The molecule has 0 radical (unpaired) electrons. The predicted molar refractivity (Wildman–Crippen MR) is 76.9 cm³/mol. The summed E-state index contributed by atoms with van der Waals surface area (Å²) in [6.07, 6.45) is 12.6. The van der Waals surface area contributed by atoms with E-state index >= 15 is 0 Å². The SMILES string of the molecule is CCNCC(CC)CC1CCC2(CCCCC2)O1. The maximum absolute atomic E-state index is 6.47. The highest BCUT2D eigenvalue weighted by Gasteiger charge is 2.40. The molecule has 2 atom stereocenters. The first-order valence-electron chi connectivity index (χ1n) is 8.16. The van der Waals surface area contributed by atoms with Gasteiger partial charge in [-0.3, -0.25) is 0 Å². The minimum absolute atomic E-state index is 0.305. The number of rotatable bonds is 6. The molecule has 1 aliphatic carbocycles. The fraction of sp³-hybridized carbons (Fsp3) is 1.00. The molecule has 2 rings (SSSR count). The Morgan fingerprint density at radius 2 is 1.94 bits per heavy atom. The van der Waals surface area contributed by atoms with Crippen molar-refractivity contribution in [1.29, 1.82) is 0 Å². The van der Waals surface area contributed by atoms with Crippen LogP contribution in [0.2, 0.25) is 0 Å². The van der Waals surface area contributed by atoms with Crippen molar-refractivity contribution in [3.8, 4) is 0 Å². The average molecular weight is 253 g/mol. The predicted octanol–water partition coefficient (Wildman–Crippen LogP) is 3.89. The molecule has 1 N–H and O–H groups in total. The molecule has 0 aromatic heterocycles. The summed E-state index contributed by atoms with van der Waals surface area (Å²) in [6, 6.07) is 0. The number of hydrogen-bond donors (Lipinski definition) is 1. The Bertz CT molecular complexity index is 235. The average Bonchev–Trinajstić information content (AvgIpc) is 2.78. The molecule has 1 saturated heterocycles. The molecular formula is C16H31NO. The fourth-order valence-corrected chi connectivity index (χ4v) is 3.74. The van der Waals surface area contributed by atoms with Gasteiger partial charge in [0.05, 0.1) is 11.7 Å². The van der Waals surface area contributed by atoms with Gasteiger partial charge in [-0.1, -0.05) is 39.5 Å². The maximum Gasteiger partial charge on any atom is 0.0687 e. The van der Waals surface area contributed by atoms with Gasteiger partial charge in [-0.15, -0.1) is 0 Å². The largest absolute Gasteiger partial charge is 0.372 e. The second-order valence-electron chi connectivity index (χ2n) is 6.34. The third-order valence-electron chi connectivity index (χ3n) is 4.96. The molecule has 18 heavy (non-hydrogen) atoms. The summed E-state index contributed by atoms with van der Waals surface area (Å²) >= 11 is 0. The Morgan fingerprint density at radius 1 is 1.17 bits per heavy atom. The van der Waals surface area contributed by atoms with E-state index in [0.717, 1.165) is 12.5 Å². The second-order valence-corrected chi connectivity index (χ2v) is 6.34. The van der Waals surface area contributed by atoms with Crippen LogP contribution in [0.5, 0.6) is 0 Å². The molecule has 2 nitrogen and oxygen atoms in total. The lowest BCUT2D eigenvalue weighted by atomic mass is 9.83. The van der Waals surface area contributed by atoms with Crippen LogP contribution in [0.3, 0.4) is 0 Å². The van der Waals surface area contributed by atoms with Crippen molar-refractivity contribution in [3.05, 3.63) is 0 Å². The Hall–Kier alpha value is -0.0800. The quantitative estimate of drug-likeness (QED) is 0.775. The minimum atomic E-state index is 0.305. The third-order valence-corrected chi connectivity index (χ3v) is 4.96. The molecular weight excluding hydrogens is 222 g/mol. The molecule has 2 aliphatic rings. The molecule has 2 unspecified atom stereocenters. The molecule has 106 valence electrons. The first-order chi connectivity index (χ1) is 8.78. The van der Waals surface area contributed by atoms with Crippen molar-refractivity contribution in [2.45, 2.75) is 83.3 Å². The van der Waals surface area contributed by atoms with Gasteiger partial charge in [0.1, 0.15) is 0 Å². The summed E-state index contributed by atoms with van der Waals surface area (Å²) < 4.78 is 6.47. The third kappa shape index (κ3) is 3.71. The van der Waals surface area contributed by atoms with E-state index in [0.29, 0.717) is 11.7 Å². The van der Waals surface area contributed by atoms with Gasteiger partial charge in [-0.05, 0) is 51.1 Å². The van der Waals surface area contributed by atoms with E-state index in [1.807, 2.05) is 0 Å². The van der Waals surface area contributed by atoms with Gasteiger partial charge >= 0.3 is 0 Å². The topological polar surface area (TPSA) is 21.3 Å². The molecule has 2 fully saturated rings. The highest BCUT2D eigenvalue weighted by atomic mass is 16.5. The summed E-state index contributed by atoms with van der Waals surface area (Å²) in [7, 11) is 0. The zero-order valence-corrected chi connectivity index (χ0v) is 12.3. The van der Waals surface area contributed by atoms with Crippen LogP contribution in [0.1, 0.15) is 71.6 Å². The van der Waals surface area contributed by atoms with Crippen molar-refractivity contribution < 1.29 is 4.74 Å². The van der Waals surface area contributed by atoms with Gasteiger partial charge in [-0.25, -0.2) is 0 Å². The summed E-state index contributed by atoms with van der Waals surface area (Å²) in [6.45, 7) is 6.76. The van der Waals surface area contributed by atoms with Crippen LogP contribution in [0.25, 0.3) is 0 Å². The van der Waals surface area contributed by atoms with Crippen LogP contribution < -0.4 is 5.32 Å². The van der Waals surface area contributed by atoms with E-state index in [-0.39, 0.29) is 0 Å². The van der Waals surface area contributed by atoms with Crippen LogP contribution in [-0.2, 0) is 4.74 Å². The van der Waals surface area contributed by atoms with Gasteiger partial charge in [0, 0.05) is 0 Å². The second kappa shape index (κ2) is 6.91. The fourth-order valence-electron chi connectivity index (χ4n) is 3.74. The molecule has 0 bridgehead atoms. The van der Waals surface area contributed by atoms with Crippen LogP contribution in [-0.4, -0.2) is 24.8 Å².